The van der Waals surface area contributed by atoms with Crippen LogP contribution in [0, 0.1) is 6.92 Å². The lowest BCUT2D eigenvalue weighted by atomic mass is 10.1. The Hall–Kier alpha value is -4.43. The van der Waals surface area contributed by atoms with Crippen LogP contribution in [-0.4, -0.2) is 46.7 Å². The van der Waals surface area contributed by atoms with Crippen LogP contribution in [-0.2, 0) is 18.2 Å². The molecule has 0 aliphatic carbocycles. The van der Waals surface area contributed by atoms with Crippen molar-refractivity contribution in [2.75, 3.05) is 31.2 Å². The molecule has 8 nitrogen and oxygen atoms in total. The number of fused-ring (bicyclic) bond motifs is 1. The van der Waals surface area contributed by atoms with E-state index in [-0.39, 0.29) is 11.7 Å². The van der Waals surface area contributed by atoms with Gasteiger partial charge < -0.3 is 23.9 Å². The Morgan fingerprint density at radius 2 is 1.85 bits per heavy atom. The summed E-state index contributed by atoms with van der Waals surface area (Å²) in [5.74, 6) is 0.729. The van der Waals surface area contributed by atoms with Crippen molar-refractivity contribution < 1.29 is 13.9 Å². The van der Waals surface area contributed by atoms with Gasteiger partial charge in [-0.1, -0.05) is 29.8 Å². The first-order chi connectivity index (χ1) is 19.0. The van der Waals surface area contributed by atoms with Gasteiger partial charge in [-0.05, 0) is 55.0 Å². The monoisotopic (exact) mass is 521 g/mol. The highest BCUT2D eigenvalue weighted by Gasteiger charge is 2.24. The summed E-state index contributed by atoms with van der Waals surface area (Å²) < 4.78 is 13.4. The average Bonchev–Trinajstić information content (AvgIpc) is 3.57. The van der Waals surface area contributed by atoms with E-state index in [9.17, 15) is 4.79 Å². The van der Waals surface area contributed by atoms with E-state index in [0.717, 1.165) is 60.0 Å². The van der Waals surface area contributed by atoms with E-state index in [4.69, 9.17) is 14.1 Å². The molecule has 3 aromatic heterocycles. The number of aryl methyl sites for hydroxylation is 1. The molecule has 8 heteroatoms. The zero-order valence-electron chi connectivity index (χ0n) is 22.1. The first kappa shape index (κ1) is 24.9. The number of nitrogens with one attached hydrogen (secondary N) is 1. The molecule has 1 fully saturated rings. The van der Waals surface area contributed by atoms with Gasteiger partial charge in [-0.2, -0.15) is 0 Å². The number of amides is 1. The first-order valence-electron chi connectivity index (χ1n) is 13.2. The second-order valence-electron chi connectivity index (χ2n) is 9.91. The zero-order valence-corrected chi connectivity index (χ0v) is 22.1. The molecule has 0 bridgehead atoms. The highest BCUT2D eigenvalue weighted by atomic mass is 16.5. The van der Waals surface area contributed by atoms with Crippen molar-refractivity contribution in [2.24, 2.45) is 7.05 Å². The lowest BCUT2D eigenvalue weighted by molar-refractivity contribution is 0.0908. The Balaban J connectivity index is 1.28. The number of morpholine rings is 1. The van der Waals surface area contributed by atoms with Crippen molar-refractivity contribution in [1.29, 1.82) is 0 Å². The second kappa shape index (κ2) is 10.7. The molecule has 1 amide bonds. The number of carbonyl (C=O) groups excluding carboxylic acids is 1. The van der Waals surface area contributed by atoms with E-state index < -0.39 is 6.04 Å². The van der Waals surface area contributed by atoms with Gasteiger partial charge in [0.15, 0.2) is 5.76 Å². The highest BCUT2D eigenvalue weighted by molar-refractivity contribution is 5.96. The standard InChI is InChI=1S/C31H31N5O3/c1-21-6-11-28-23(17-21)18-29(39-28)31(37)34-26(19-24-5-3-4-12-32-24)30-33-20-27(35(30)2)22-7-9-25(10-8-22)36-13-15-38-16-14-36/h3-12,17-18,20,26H,13-16,19H2,1-2H3,(H,34,37). The number of hydrogen-bond acceptors (Lipinski definition) is 6. The van der Waals surface area contributed by atoms with E-state index in [0.29, 0.717) is 12.0 Å². The number of carbonyl (C=O) groups is 1. The average molecular weight is 522 g/mol. The van der Waals surface area contributed by atoms with Gasteiger partial charge in [0.05, 0.1) is 31.1 Å². The summed E-state index contributed by atoms with van der Waals surface area (Å²) in [5, 5.41) is 4.06. The number of pyridine rings is 1. The maximum absolute atomic E-state index is 13.4. The van der Waals surface area contributed by atoms with Crippen LogP contribution < -0.4 is 10.2 Å². The molecule has 6 rings (SSSR count). The number of nitrogens with zero attached hydrogens (tertiary/aromatic N) is 4. The van der Waals surface area contributed by atoms with Crippen molar-refractivity contribution in [3.8, 4) is 11.3 Å². The summed E-state index contributed by atoms with van der Waals surface area (Å²) in [7, 11) is 1.98. The molecule has 0 radical (unpaired) electrons. The van der Waals surface area contributed by atoms with E-state index in [1.165, 1.54) is 5.69 Å². The fourth-order valence-corrected chi connectivity index (χ4v) is 5.12. The lowest BCUT2D eigenvalue weighted by Gasteiger charge is -2.28. The zero-order chi connectivity index (χ0) is 26.8. The lowest BCUT2D eigenvalue weighted by Crippen LogP contribution is -2.36. The molecule has 0 saturated carbocycles. The Morgan fingerprint density at radius 3 is 2.62 bits per heavy atom. The highest BCUT2D eigenvalue weighted by Crippen LogP contribution is 2.28. The van der Waals surface area contributed by atoms with Crippen molar-refractivity contribution in [1.82, 2.24) is 19.9 Å². The van der Waals surface area contributed by atoms with E-state index in [1.54, 1.807) is 12.3 Å². The number of ether oxygens (including phenoxy) is 1. The number of anilines is 1. The fraction of sp³-hybridized carbons (Fsp3) is 0.258. The van der Waals surface area contributed by atoms with Crippen LogP contribution in [0.3, 0.4) is 0 Å². The minimum Gasteiger partial charge on any atom is -0.451 e. The van der Waals surface area contributed by atoms with Crippen LogP contribution in [0.4, 0.5) is 5.69 Å². The summed E-state index contributed by atoms with van der Waals surface area (Å²) in [5.41, 5.74) is 5.88. The number of hydrogen-bond donors (Lipinski definition) is 1. The first-order valence-corrected chi connectivity index (χ1v) is 13.2. The molecule has 5 aromatic rings. The van der Waals surface area contributed by atoms with E-state index >= 15 is 0 Å². The smallest absolute Gasteiger partial charge is 0.287 e. The number of benzene rings is 2. The van der Waals surface area contributed by atoms with Gasteiger partial charge in [-0.15, -0.1) is 0 Å². The van der Waals surface area contributed by atoms with Crippen molar-refractivity contribution in [3.63, 3.8) is 0 Å². The second-order valence-corrected chi connectivity index (χ2v) is 9.91. The molecular formula is C31H31N5O3. The normalized spacial score (nSPS) is 14.5. The molecule has 4 heterocycles. The van der Waals surface area contributed by atoms with Gasteiger partial charge in [-0.3, -0.25) is 9.78 Å². The summed E-state index contributed by atoms with van der Waals surface area (Å²) >= 11 is 0. The molecule has 1 unspecified atom stereocenters. The van der Waals surface area contributed by atoms with Crippen LogP contribution in [0.15, 0.2) is 83.5 Å². The summed E-state index contributed by atoms with van der Waals surface area (Å²) in [6, 6.07) is 21.6. The Morgan fingerprint density at radius 1 is 1.03 bits per heavy atom. The van der Waals surface area contributed by atoms with Gasteiger partial charge >= 0.3 is 0 Å². The van der Waals surface area contributed by atoms with Crippen molar-refractivity contribution in [3.05, 3.63) is 102 Å². The summed E-state index contributed by atoms with van der Waals surface area (Å²) in [4.78, 5) is 25.0. The molecule has 1 aliphatic heterocycles. The van der Waals surface area contributed by atoms with Crippen LogP contribution in [0.1, 0.15) is 33.7 Å². The number of aromatic nitrogens is 3. The third kappa shape index (κ3) is 5.28. The maximum atomic E-state index is 13.4. The van der Waals surface area contributed by atoms with Crippen molar-refractivity contribution in [2.45, 2.75) is 19.4 Å². The van der Waals surface area contributed by atoms with Crippen LogP contribution in [0.25, 0.3) is 22.2 Å². The molecule has 1 saturated heterocycles. The maximum Gasteiger partial charge on any atom is 0.287 e. The molecule has 198 valence electrons. The third-order valence-corrected chi connectivity index (χ3v) is 7.22. The molecule has 39 heavy (non-hydrogen) atoms. The molecule has 1 N–H and O–H groups in total. The largest absolute Gasteiger partial charge is 0.451 e. The van der Waals surface area contributed by atoms with Crippen molar-refractivity contribution >= 4 is 22.6 Å². The summed E-state index contributed by atoms with van der Waals surface area (Å²) in [6.45, 7) is 5.32. The Kier molecular flexibility index (Phi) is 6.85. The van der Waals surface area contributed by atoms with Gasteiger partial charge in [0.25, 0.3) is 5.91 Å². The molecule has 1 aliphatic rings. The van der Waals surface area contributed by atoms with Gasteiger partial charge in [-0.25, -0.2) is 4.98 Å². The molecule has 1 atom stereocenters. The minimum atomic E-state index is -0.409. The van der Waals surface area contributed by atoms with Gasteiger partial charge in [0.1, 0.15) is 11.4 Å². The molecule has 2 aromatic carbocycles. The molecular weight excluding hydrogens is 490 g/mol. The van der Waals surface area contributed by atoms with E-state index in [1.807, 2.05) is 61.1 Å². The number of rotatable bonds is 7. The number of imidazole rings is 1. The predicted molar refractivity (Wildman–Crippen MR) is 151 cm³/mol. The van der Waals surface area contributed by atoms with Crippen LogP contribution in [0.5, 0.6) is 0 Å². The summed E-state index contributed by atoms with van der Waals surface area (Å²) in [6.07, 6.45) is 4.11. The van der Waals surface area contributed by atoms with E-state index in [2.05, 4.69) is 39.5 Å². The Bertz CT molecular complexity index is 1580. The topological polar surface area (TPSA) is 85.4 Å². The van der Waals surface area contributed by atoms with Crippen LogP contribution >= 0.6 is 0 Å². The SMILES string of the molecule is Cc1ccc2oc(C(=O)NC(Cc3ccccn3)c3ncc(-c4ccc(N5CCOCC5)cc4)n3C)cc2c1. The van der Waals surface area contributed by atoms with Crippen LogP contribution in [0.2, 0.25) is 0 Å². The fourth-order valence-electron chi connectivity index (χ4n) is 5.12. The minimum absolute atomic E-state index is 0.273. The quantitative estimate of drug-likeness (QED) is 0.321. The third-order valence-electron chi connectivity index (χ3n) is 7.22. The molecule has 0 spiro atoms. The predicted octanol–water partition coefficient (Wildman–Crippen LogP) is 5.09. The van der Waals surface area contributed by atoms with Gasteiger partial charge in [0, 0.05) is 49.5 Å². The Labute approximate surface area is 227 Å². The van der Waals surface area contributed by atoms with Gasteiger partial charge in [0.2, 0.25) is 0 Å². The number of furan rings is 1.